The van der Waals surface area contributed by atoms with Gasteiger partial charge in [-0.2, -0.15) is 0 Å². The van der Waals surface area contributed by atoms with E-state index in [1.165, 1.54) is 12.8 Å². The normalized spacial score (nSPS) is 29.4. The third-order valence-corrected chi connectivity index (χ3v) is 4.27. The van der Waals surface area contributed by atoms with E-state index in [1.54, 1.807) is 0 Å². The minimum atomic E-state index is 0.373. The molecule has 0 aromatic rings. The van der Waals surface area contributed by atoms with Gasteiger partial charge in [-0.25, -0.2) is 0 Å². The standard InChI is InChI=1S/C15H28N2O/c1-11(2)8-12(3)9-15(18)17-7-6-13-4-5-14(10-17)16-13/h11-14,16H,4-10H2,1-3H3. The Hall–Kier alpha value is -0.570. The largest absolute Gasteiger partial charge is 0.341 e. The molecule has 3 unspecified atom stereocenters. The lowest BCUT2D eigenvalue weighted by molar-refractivity contribution is -0.132. The van der Waals surface area contributed by atoms with Gasteiger partial charge in [-0.1, -0.05) is 20.8 Å². The van der Waals surface area contributed by atoms with Crippen molar-refractivity contribution >= 4 is 5.91 Å². The Balaban J connectivity index is 1.81. The van der Waals surface area contributed by atoms with Gasteiger partial charge in [0.2, 0.25) is 5.91 Å². The third kappa shape index (κ3) is 3.71. The molecule has 2 aliphatic rings. The van der Waals surface area contributed by atoms with E-state index in [0.29, 0.717) is 29.8 Å². The maximum absolute atomic E-state index is 12.3. The first-order chi connectivity index (χ1) is 8.54. The summed E-state index contributed by atoms with van der Waals surface area (Å²) in [5.74, 6) is 1.58. The van der Waals surface area contributed by atoms with Crippen LogP contribution in [0.4, 0.5) is 0 Å². The molecule has 2 fully saturated rings. The number of likely N-dealkylation sites (tertiary alicyclic amines) is 1. The Bertz CT molecular complexity index is 290. The van der Waals surface area contributed by atoms with Gasteiger partial charge >= 0.3 is 0 Å². The summed E-state index contributed by atoms with van der Waals surface area (Å²) in [5, 5.41) is 3.63. The minimum Gasteiger partial charge on any atom is -0.341 e. The fourth-order valence-electron chi connectivity index (χ4n) is 3.48. The van der Waals surface area contributed by atoms with Gasteiger partial charge in [-0.15, -0.1) is 0 Å². The third-order valence-electron chi connectivity index (χ3n) is 4.27. The molecule has 3 atom stereocenters. The number of fused-ring (bicyclic) bond motifs is 2. The number of hydrogen-bond donors (Lipinski definition) is 1. The summed E-state index contributed by atoms with van der Waals surface area (Å²) in [5.41, 5.74) is 0. The second kappa shape index (κ2) is 6.05. The topological polar surface area (TPSA) is 32.3 Å². The molecule has 0 spiro atoms. The van der Waals surface area contributed by atoms with Crippen molar-refractivity contribution < 1.29 is 4.79 Å². The van der Waals surface area contributed by atoms with Crippen molar-refractivity contribution in [1.29, 1.82) is 0 Å². The number of nitrogens with one attached hydrogen (secondary N) is 1. The highest BCUT2D eigenvalue weighted by atomic mass is 16.2. The molecule has 2 heterocycles. The summed E-state index contributed by atoms with van der Waals surface area (Å²) in [6, 6.07) is 1.22. The lowest BCUT2D eigenvalue weighted by Gasteiger charge is -2.26. The molecule has 0 aromatic heterocycles. The molecule has 0 saturated carbocycles. The maximum atomic E-state index is 12.3. The average molecular weight is 252 g/mol. The molecule has 2 aliphatic heterocycles. The predicted molar refractivity (Wildman–Crippen MR) is 74.4 cm³/mol. The lowest BCUT2D eigenvalue weighted by Crippen LogP contribution is -2.39. The van der Waals surface area contributed by atoms with Crippen LogP contribution >= 0.6 is 0 Å². The average Bonchev–Trinajstić information content (AvgIpc) is 2.56. The molecule has 18 heavy (non-hydrogen) atoms. The van der Waals surface area contributed by atoms with Crippen molar-refractivity contribution in [2.75, 3.05) is 13.1 Å². The number of nitrogens with zero attached hydrogens (tertiary/aromatic N) is 1. The van der Waals surface area contributed by atoms with E-state index in [1.807, 2.05) is 0 Å². The Labute approximate surface area is 111 Å². The van der Waals surface area contributed by atoms with Crippen LogP contribution in [0.5, 0.6) is 0 Å². The Morgan fingerprint density at radius 1 is 1.22 bits per heavy atom. The summed E-state index contributed by atoms with van der Waals surface area (Å²) in [4.78, 5) is 14.4. The second-order valence-electron chi connectivity index (χ2n) is 6.71. The van der Waals surface area contributed by atoms with Crippen LogP contribution in [0.25, 0.3) is 0 Å². The maximum Gasteiger partial charge on any atom is 0.222 e. The second-order valence-corrected chi connectivity index (χ2v) is 6.71. The number of hydrogen-bond acceptors (Lipinski definition) is 2. The van der Waals surface area contributed by atoms with Crippen LogP contribution in [0.3, 0.4) is 0 Å². The molecule has 1 N–H and O–H groups in total. The molecule has 2 saturated heterocycles. The van der Waals surface area contributed by atoms with Crippen LogP contribution in [0.15, 0.2) is 0 Å². The number of carbonyl (C=O) groups excluding carboxylic acids is 1. The van der Waals surface area contributed by atoms with Crippen molar-refractivity contribution in [3.8, 4) is 0 Å². The van der Waals surface area contributed by atoms with Crippen molar-refractivity contribution in [3.63, 3.8) is 0 Å². The fraction of sp³-hybridized carbons (Fsp3) is 0.933. The zero-order valence-electron chi connectivity index (χ0n) is 12.1. The van der Waals surface area contributed by atoms with Gasteiger partial charge < -0.3 is 10.2 Å². The van der Waals surface area contributed by atoms with Crippen molar-refractivity contribution in [1.82, 2.24) is 10.2 Å². The van der Waals surface area contributed by atoms with Crippen LogP contribution in [0.1, 0.15) is 52.9 Å². The molecule has 0 aromatic carbocycles. The van der Waals surface area contributed by atoms with Crippen LogP contribution in [0, 0.1) is 11.8 Å². The van der Waals surface area contributed by atoms with Gasteiger partial charge in [0, 0.05) is 31.6 Å². The predicted octanol–water partition coefficient (Wildman–Crippen LogP) is 2.41. The van der Waals surface area contributed by atoms with Gasteiger partial charge in [0.25, 0.3) is 0 Å². The van der Waals surface area contributed by atoms with Gasteiger partial charge in [-0.05, 0) is 37.5 Å². The summed E-state index contributed by atoms with van der Waals surface area (Å²) in [6.45, 7) is 8.57. The first kappa shape index (κ1) is 13.9. The lowest BCUT2D eigenvalue weighted by atomic mass is 9.95. The first-order valence-corrected chi connectivity index (χ1v) is 7.58. The number of amides is 1. The van der Waals surface area contributed by atoms with E-state index in [2.05, 4.69) is 31.0 Å². The summed E-state index contributed by atoms with van der Waals surface area (Å²) in [7, 11) is 0. The molecule has 1 amide bonds. The van der Waals surface area contributed by atoms with Crippen LogP contribution in [-0.2, 0) is 4.79 Å². The van der Waals surface area contributed by atoms with Crippen LogP contribution in [-0.4, -0.2) is 36.0 Å². The fourth-order valence-corrected chi connectivity index (χ4v) is 3.48. The van der Waals surface area contributed by atoms with Crippen molar-refractivity contribution in [3.05, 3.63) is 0 Å². The molecule has 2 bridgehead atoms. The molecule has 0 aliphatic carbocycles. The Morgan fingerprint density at radius 3 is 2.67 bits per heavy atom. The SMILES string of the molecule is CC(C)CC(C)CC(=O)N1CCC2CCC(C1)N2. The van der Waals surface area contributed by atoms with Gasteiger partial charge in [-0.3, -0.25) is 4.79 Å². The zero-order valence-corrected chi connectivity index (χ0v) is 12.1. The quantitative estimate of drug-likeness (QED) is 0.833. The first-order valence-electron chi connectivity index (χ1n) is 7.58. The number of rotatable bonds is 4. The van der Waals surface area contributed by atoms with E-state index in [4.69, 9.17) is 0 Å². The van der Waals surface area contributed by atoms with E-state index in [9.17, 15) is 4.79 Å². The van der Waals surface area contributed by atoms with E-state index < -0.39 is 0 Å². The monoisotopic (exact) mass is 252 g/mol. The highest BCUT2D eigenvalue weighted by Gasteiger charge is 2.31. The van der Waals surface area contributed by atoms with Crippen LogP contribution in [0.2, 0.25) is 0 Å². The Morgan fingerprint density at radius 2 is 1.94 bits per heavy atom. The Kier molecular flexibility index (Phi) is 4.66. The molecular formula is C15H28N2O. The molecule has 104 valence electrons. The zero-order chi connectivity index (χ0) is 13.1. The highest BCUT2D eigenvalue weighted by Crippen LogP contribution is 2.22. The summed E-state index contributed by atoms with van der Waals surface area (Å²) in [6.07, 6.45) is 5.58. The van der Waals surface area contributed by atoms with Gasteiger partial charge in [0.1, 0.15) is 0 Å². The van der Waals surface area contributed by atoms with Crippen molar-refractivity contribution in [2.45, 2.75) is 65.0 Å². The molecule has 2 rings (SSSR count). The van der Waals surface area contributed by atoms with E-state index in [0.717, 1.165) is 32.4 Å². The number of carbonyl (C=O) groups is 1. The summed E-state index contributed by atoms with van der Waals surface area (Å²) < 4.78 is 0. The highest BCUT2D eigenvalue weighted by molar-refractivity contribution is 5.76. The molecular weight excluding hydrogens is 224 g/mol. The van der Waals surface area contributed by atoms with E-state index in [-0.39, 0.29) is 0 Å². The molecule has 3 heteroatoms. The van der Waals surface area contributed by atoms with Gasteiger partial charge in [0.15, 0.2) is 0 Å². The minimum absolute atomic E-state index is 0.373. The molecule has 0 radical (unpaired) electrons. The van der Waals surface area contributed by atoms with Crippen molar-refractivity contribution in [2.24, 2.45) is 11.8 Å². The van der Waals surface area contributed by atoms with Crippen LogP contribution < -0.4 is 5.32 Å². The molecule has 3 nitrogen and oxygen atoms in total. The van der Waals surface area contributed by atoms with Gasteiger partial charge in [0.05, 0.1) is 0 Å². The summed E-state index contributed by atoms with van der Waals surface area (Å²) >= 11 is 0. The smallest absolute Gasteiger partial charge is 0.222 e. The van der Waals surface area contributed by atoms with E-state index >= 15 is 0 Å².